The number of halogens is 1. The summed E-state index contributed by atoms with van der Waals surface area (Å²) in [6.07, 6.45) is 0. The molecule has 0 fully saturated rings. The minimum absolute atomic E-state index is 0.0456. The molecule has 4 rings (SSSR count). The lowest BCUT2D eigenvalue weighted by atomic mass is 10.2. The van der Waals surface area contributed by atoms with Crippen LogP contribution in [-0.2, 0) is 21.4 Å². The van der Waals surface area contributed by atoms with Crippen LogP contribution in [0.1, 0.15) is 16.1 Å². The fourth-order valence-electron chi connectivity index (χ4n) is 2.84. The third kappa shape index (κ3) is 5.73. The summed E-state index contributed by atoms with van der Waals surface area (Å²) in [4.78, 5) is 16.7. The summed E-state index contributed by atoms with van der Waals surface area (Å²) in [5.74, 6) is -1.41. The molecule has 0 saturated heterocycles. The molecule has 1 heterocycles. The van der Waals surface area contributed by atoms with E-state index in [4.69, 9.17) is 4.74 Å². The highest BCUT2D eigenvalue weighted by molar-refractivity contribution is 7.92. The van der Waals surface area contributed by atoms with Crippen LogP contribution in [0.3, 0.4) is 0 Å². The maximum absolute atomic E-state index is 13.8. The minimum Gasteiger partial charge on any atom is -0.456 e. The molecule has 0 aliphatic heterocycles. The second kappa shape index (κ2) is 9.80. The van der Waals surface area contributed by atoms with Crippen LogP contribution in [-0.4, -0.2) is 19.4 Å². The fourth-order valence-corrected chi connectivity index (χ4v) is 4.66. The molecule has 0 amide bonds. The van der Waals surface area contributed by atoms with E-state index in [0.717, 1.165) is 11.8 Å². The Kier molecular flexibility index (Phi) is 6.66. The maximum Gasteiger partial charge on any atom is 0.338 e. The quantitative estimate of drug-likeness (QED) is 0.335. The smallest absolute Gasteiger partial charge is 0.338 e. The fraction of sp³-hybridized carbons (Fsp3) is 0.0435. The summed E-state index contributed by atoms with van der Waals surface area (Å²) < 4.78 is 46.5. The molecule has 0 aliphatic rings. The topological polar surface area (TPSA) is 97.4 Å². The van der Waals surface area contributed by atoms with E-state index < -0.39 is 21.8 Å². The van der Waals surface area contributed by atoms with Gasteiger partial charge in [-0.05, 0) is 42.5 Å². The molecule has 0 aliphatic carbocycles. The Balaban J connectivity index is 1.40. The van der Waals surface area contributed by atoms with E-state index in [9.17, 15) is 17.6 Å². The molecule has 0 bridgehead atoms. The molecule has 0 spiro atoms. The van der Waals surface area contributed by atoms with E-state index in [0.29, 0.717) is 10.8 Å². The van der Waals surface area contributed by atoms with Crippen LogP contribution in [0.15, 0.2) is 89.1 Å². The van der Waals surface area contributed by atoms with Crippen LogP contribution in [0.2, 0.25) is 0 Å². The molecule has 10 heteroatoms. The number of hydrogen-bond donors (Lipinski definition) is 2. The Hall–Kier alpha value is -3.76. The molecule has 3 aromatic carbocycles. The summed E-state index contributed by atoms with van der Waals surface area (Å²) in [6, 6.07) is 20.3. The van der Waals surface area contributed by atoms with Gasteiger partial charge in [-0.3, -0.25) is 4.72 Å². The molecule has 0 atom stereocenters. The van der Waals surface area contributed by atoms with E-state index in [1.807, 2.05) is 30.3 Å². The third-order valence-electron chi connectivity index (χ3n) is 4.43. The lowest BCUT2D eigenvalue weighted by Gasteiger charge is -2.10. The van der Waals surface area contributed by atoms with Gasteiger partial charge in [-0.1, -0.05) is 36.4 Å². The minimum atomic E-state index is -4.10. The van der Waals surface area contributed by atoms with Gasteiger partial charge in [-0.15, -0.1) is 11.3 Å². The first-order valence-corrected chi connectivity index (χ1v) is 12.1. The second-order valence-electron chi connectivity index (χ2n) is 6.82. The van der Waals surface area contributed by atoms with Crippen molar-refractivity contribution < 1.29 is 22.3 Å². The van der Waals surface area contributed by atoms with Gasteiger partial charge in [0.2, 0.25) is 0 Å². The van der Waals surface area contributed by atoms with Gasteiger partial charge >= 0.3 is 5.97 Å². The zero-order valence-corrected chi connectivity index (χ0v) is 18.7. The van der Waals surface area contributed by atoms with Gasteiger partial charge in [0, 0.05) is 11.1 Å². The van der Waals surface area contributed by atoms with Crippen molar-refractivity contribution in [2.45, 2.75) is 11.5 Å². The van der Waals surface area contributed by atoms with Crippen LogP contribution in [0, 0.1) is 5.82 Å². The van der Waals surface area contributed by atoms with Crippen LogP contribution < -0.4 is 10.0 Å². The summed E-state index contributed by atoms with van der Waals surface area (Å²) in [6.45, 7) is -0.0732. The maximum atomic E-state index is 13.8. The average molecular weight is 484 g/mol. The number of benzene rings is 3. The number of ether oxygens (including phenoxy) is 1. The average Bonchev–Trinajstić information content (AvgIpc) is 3.27. The van der Waals surface area contributed by atoms with Crippen molar-refractivity contribution in [1.82, 2.24) is 4.98 Å². The zero-order valence-electron chi connectivity index (χ0n) is 17.1. The molecule has 0 unspecified atom stereocenters. The Morgan fingerprint density at radius 1 is 1.00 bits per heavy atom. The standard InChI is InChI=1S/C23H18FN3O4S2/c24-20-11-4-5-12-21(20)27-33(29,30)19-10-6-7-16(13-19)22(28)31-14-18-15-32-23(26-18)25-17-8-2-1-3-9-17/h1-13,15,27H,14H2,(H,25,26). The number of thiazole rings is 1. The Morgan fingerprint density at radius 3 is 2.55 bits per heavy atom. The first kappa shape index (κ1) is 22.4. The largest absolute Gasteiger partial charge is 0.456 e. The van der Waals surface area contributed by atoms with Crippen LogP contribution in [0.5, 0.6) is 0 Å². The van der Waals surface area contributed by atoms with Crippen LogP contribution in [0.25, 0.3) is 0 Å². The number of anilines is 3. The van der Waals surface area contributed by atoms with Crippen LogP contribution >= 0.6 is 11.3 Å². The number of nitrogens with zero attached hydrogens (tertiary/aromatic N) is 1. The van der Waals surface area contributed by atoms with E-state index >= 15 is 0 Å². The highest BCUT2D eigenvalue weighted by Crippen LogP contribution is 2.22. The number of carbonyl (C=O) groups excluding carboxylic acids is 1. The highest BCUT2D eigenvalue weighted by Gasteiger charge is 2.19. The summed E-state index contributed by atoms with van der Waals surface area (Å²) in [5, 5.41) is 5.57. The van der Waals surface area contributed by atoms with Crippen molar-refractivity contribution in [3.8, 4) is 0 Å². The Morgan fingerprint density at radius 2 is 1.76 bits per heavy atom. The molecule has 7 nitrogen and oxygen atoms in total. The molecule has 2 N–H and O–H groups in total. The van der Waals surface area contributed by atoms with E-state index in [2.05, 4.69) is 15.0 Å². The summed E-state index contributed by atoms with van der Waals surface area (Å²) >= 11 is 1.37. The predicted octanol–water partition coefficient (Wildman–Crippen LogP) is 5.18. The molecule has 0 radical (unpaired) electrons. The normalized spacial score (nSPS) is 11.1. The van der Waals surface area contributed by atoms with Crippen molar-refractivity contribution in [1.29, 1.82) is 0 Å². The van der Waals surface area contributed by atoms with Gasteiger partial charge in [-0.25, -0.2) is 22.6 Å². The summed E-state index contributed by atoms with van der Waals surface area (Å²) in [5.41, 5.74) is 1.30. The van der Waals surface area contributed by atoms with Crippen molar-refractivity contribution >= 4 is 43.8 Å². The van der Waals surface area contributed by atoms with Crippen molar-refractivity contribution in [2.24, 2.45) is 0 Å². The molecule has 4 aromatic rings. The van der Waals surface area contributed by atoms with E-state index in [1.165, 1.54) is 53.8 Å². The second-order valence-corrected chi connectivity index (χ2v) is 9.36. The number of rotatable bonds is 8. The lowest BCUT2D eigenvalue weighted by molar-refractivity contribution is 0.0468. The highest BCUT2D eigenvalue weighted by atomic mass is 32.2. The van der Waals surface area contributed by atoms with Gasteiger partial charge in [0.1, 0.15) is 12.4 Å². The first-order valence-electron chi connectivity index (χ1n) is 9.72. The molecular formula is C23H18FN3O4S2. The summed E-state index contributed by atoms with van der Waals surface area (Å²) in [7, 11) is -4.10. The monoisotopic (exact) mass is 483 g/mol. The van der Waals surface area contributed by atoms with Crippen molar-refractivity contribution in [3.05, 3.63) is 101 Å². The molecule has 33 heavy (non-hydrogen) atoms. The molecular weight excluding hydrogens is 465 g/mol. The van der Waals surface area contributed by atoms with Gasteiger partial charge in [0.25, 0.3) is 10.0 Å². The lowest BCUT2D eigenvalue weighted by Crippen LogP contribution is -2.15. The number of esters is 1. The number of nitrogens with one attached hydrogen (secondary N) is 2. The Labute approximate surface area is 193 Å². The number of para-hydroxylation sites is 2. The molecule has 0 saturated carbocycles. The number of aromatic nitrogens is 1. The SMILES string of the molecule is O=C(OCc1csc(Nc2ccccc2)n1)c1cccc(S(=O)(=O)Nc2ccccc2F)c1. The number of carbonyl (C=O) groups is 1. The van der Waals surface area contributed by atoms with Crippen LogP contribution in [0.4, 0.5) is 20.9 Å². The van der Waals surface area contributed by atoms with Gasteiger partial charge in [0.05, 0.1) is 21.8 Å². The van der Waals surface area contributed by atoms with Crippen molar-refractivity contribution in [3.63, 3.8) is 0 Å². The molecule has 168 valence electrons. The van der Waals surface area contributed by atoms with E-state index in [1.54, 1.807) is 5.38 Å². The van der Waals surface area contributed by atoms with Gasteiger partial charge in [0.15, 0.2) is 5.13 Å². The predicted molar refractivity (Wildman–Crippen MR) is 125 cm³/mol. The van der Waals surface area contributed by atoms with Gasteiger partial charge < -0.3 is 10.1 Å². The third-order valence-corrected chi connectivity index (χ3v) is 6.60. The van der Waals surface area contributed by atoms with Gasteiger partial charge in [-0.2, -0.15) is 0 Å². The zero-order chi connectivity index (χ0) is 23.3. The number of sulfonamides is 1. The van der Waals surface area contributed by atoms with E-state index in [-0.39, 0.29) is 22.8 Å². The Bertz CT molecular complexity index is 1380. The van der Waals surface area contributed by atoms with Crippen molar-refractivity contribution in [2.75, 3.05) is 10.0 Å². The molecule has 1 aromatic heterocycles. The number of hydrogen-bond acceptors (Lipinski definition) is 7. The first-order chi connectivity index (χ1) is 15.9.